The highest BCUT2D eigenvalue weighted by Gasteiger charge is 2.17. The van der Waals surface area contributed by atoms with Gasteiger partial charge < -0.3 is 0 Å². The van der Waals surface area contributed by atoms with Crippen LogP contribution in [0.25, 0.3) is 0 Å². The molecule has 2 aromatic rings. The lowest BCUT2D eigenvalue weighted by Crippen LogP contribution is -2.23. The normalized spacial score (nSPS) is 11.7. The molecule has 0 atom stereocenters. The van der Waals surface area contributed by atoms with Crippen molar-refractivity contribution in [3.05, 3.63) is 46.7 Å². The van der Waals surface area contributed by atoms with E-state index in [0.29, 0.717) is 0 Å². The van der Waals surface area contributed by atoms with E-state index in [1.807, 2.05) is 6.92 Å². The van der Waals surface area contributed by atoms with Gasteiger partial charge in [-0.2, -0.15) is 5.10 Å². The van der Waals surface area contributed by atoms with Crippen molar-refractivity contribution in [1.82, 2.24) is 14.9 Å². The van der Waals surface area contributed by atoms with Gasteiger partial charge in [-0.05, 0) is 24.6 Å². The lowest BCUT2D eigenvalue weighted by molar-refractivity contribution is 0.581. The molecule has 0 aliphatic rings. The van der Waals surface area contributed by atoms with Crippen LogP contribution in [-0.4, -0.2) is 18.6 Å². The Morgan fingerprint density at radius 3 is 2.83 bits per heavy atom. The Hall–Kier alpha value is -1.37. The Balaban J connectivity index is 2.20. The molecule has 0 spiro atoms. The van der Waals surface area contributed by atoms with E-state index in [1.54, 1.807) is 24.5 Å². The van der Waals surface area contributed by atoms with Crippen molar-refractivity contribution in [3.8, 4) is 0 Å². The van der Waals surface area contributed by atoms with E-state index in [-0.39, 0.29) is 16.5 Å². The summed E-state index contributed by atoms with van der Waals surface area (Å²) < 4.78 is 26.5. The van der Waals surface area contributed by atoms with E-state index >= 15 is 0 Å². The standard InChI is InChI=1S/C11H12ClN3O2S/c1-8-2-3-11(10(12)4-8)18(16,17)15-7-9-5-13-14-6-9/h2-6,15H,7H2,1H3,(H,13,14). The van der Waals surface area contributed by atoms with Gasteiger partial charge in [0.05, 0.1) is 11.2 Å². The highest BCUT2D eigenvalue weighted by molar-refractivity contribution is 7.89. The minimum atomic E-state index is -3.61. The molecule has 0 saturated carbocycles. The first kappa shape index (κ1) is 13.1. The molecule has 1 aromatic heterocycles. The van der Waals surface area contributed by atoms with Gasteiger partial charge >= 0.3 is 0 Å². The van der Waals surface area contributed by atoms with E-state index in [9.17, 15) is 8.42 Å². The summed E-state index contributed by atoms with van der Waals surface area (Å²) >= 11 is 5.94. The Morgan fingerprint density at radius 2 is 2.22 bits per heavy atom. The monoisotopic (exact) mass is 285 g/mol. The van der Waals surface area contributed by atoms with Crippen LogP contribution in [0.4, 0.5) is 0 Å². The number of hydrogen-bond donors (Lipinski definition) is 2. The summed E-state index contributed by atoms with van der Waals surface area (Å²) in [7, 11) is -3.61. The van der Waals surface area contributed by atoms with E-state index in [4.69, 9.17) is 11.6 Å². The third kappa shape index (κ3) is 2.90. The number of aromatic nitrogens is 2. The number of sulfonamides is 1. The second-order valence-electron chi connectivity index (χ2n) is 3.86. The first-order chi connectivity index (χ1) is 8.49. The summed E-state index contributed by atoms with van der Waals surface area (Å²) in [6.07, 6.45) is 3.18. The Bertz CT molecular complexity index is 638. The zero-order valence-corrected chi connectivity index (χ0v) is 11.2. The lowest BCUT2D eigenvalue weighted by atomic mass is 10.2. The van der Waals surface area contributed by atoms with Crippen LogP contribution < -0.4 is 4.72 Å². The van der Waals surface area contributed by atoms with Crippen LogP contribution in [0.15, 0.2) is 35.5 Å². The molecule has 7 heteroatoms. The molecule has 2 rings (SSSR count). The van der Waals surface area contributed by atoms with Gasteiger partial charge in [-0.25, -0.2) is 13.1 Å². The van der Waals surface area contributed by atoms with Gasteiger partial charge in [0.15, 0.2) is 0 Å². The van der Waals surface area contributed by atoms with Gasteiger partial charge in [0.25, 0.3) is 0 Å². The van der Waals surface area contributed by atoms with Crippen LogP contribution in [0.5, 0.6) is 0 Å². The maximum atomic E-state index is 12.0. The van der Waals surface area contributed by atoms with Crippen LogP contribution in [0.3, 0.4) is 0 Å². The van der Waals surface area contributed by atoms with Gasteiger partial charge in [-0.1, -0.05) is 17.7 Å². The molecule has 0 amide bonds. The highest BCUT2D eigenvalue weighted by atomic mass is 35.5. The maximum absolute atomic E-state index is 12.0. The molecular formula is C11H12ClN3O2S. The minimum Gasteiger partial charge on any atom is -0.285 e. The van der Waals surface area contributed by atoms with Crippen LogP contribution in [0.1, 0.15) is 11.1 Å². The molecule has 1 aromatic carbocycles. The molecule has 1 heterocycles. The van der Waals surface area contributed by atoms with E-state index in [1.165, 1.54) is 6.07 Å². The predicted molar refractivity (Wildman–Crippen MR) is 68.8 cm³/mol. The number of halogens is 1. The molecule has 0 unspecified atom stereocenters. The largest absolute Gasteiger partial charge is 0.285 e. The number of aromatic amines is 1. The molecule has 0 fully saturated rings. The topological polar surface area (TPSA) is 74.8 Å². The van der Waals surface area contributed by atoms with Crippen LogP contribution in [0.2, 0.25) is 5.02 Å². The SMILES string of the molecule is Cc1ccc(S(=O)(=O)NCc2cn[nH]c2)c(Cl)c1. The molecule has 96 valence electrons. The van der Waals surface area contributed by atoms with Crippen molar-refractivity contribution in [3.63, 3.8) is 0 Å². The lowest BCUT2D eigenvalue weighted by Gasteiger charge is -2.07. The highest BCUT2D eigenvalue weighted by Crippen LogP contribution is 2.22. The van der Waals surface area contributed by atoms with Crippen molar-refractivity contribution < 1.29 is 8.42 Å². The average molecular weight is 286 g/mol. The molecule has 0 bridgehead atoms. The summed E-state index contributed by atoms with van der Waals surface area (Å²) in [5.74, 6) is 0. The molecule has 18 heavy (non-hydrogen) atoms. The van der Waals surface area contributed by atoms with E-state index in [2.05, 4.69) is 14.9 Å². The zero-order chi connectivity index (χ0) is 13.2. The average Bonchev–Trinajstić information content (AvgIpc) is 2.78. The summed E-state index contributed by atoms with van der Waals surface area (Å²) in [6, 6.07) is 4.82. The van der Waals surface area contributed by atoms with Gasteiger partial charge in [-0.3, -0.25) is 5.10 Å². The Kier molecular flexibility index (Phi) is 3.70. The number of H-pyrrole nitrogens is 1. The van der Waals surface area contributed by atoms with Crippen molar-refractivity contribution in [2.75, 3.05) is 0 Å². The van der Waals surface area contributed by atoms with Gasteiger partial charge in [0.2, 0.25) is 10.0 Å². The van der Waals surface area contributed by atoms with Crippen molar-refractivity contribution in [2.24, 2.45) is 0 Å². The number of nitrogens with one attached hydrogen (secondary N) is 2. The van der Waals surface area contributed by atoms with Crippen molar-refractivity contribution >= 4 is 21.6 Å². The minimum absolute atomic E-state index is 0.0817. The zero-order valence-electron chi connectivity index (χ0n) is 9.64. The molecule has 0 aliphatic carbocycles. The Morgan fingerprint density at radius 1 is 1.44 bits per heavy atom. The fourth-order valence-corrected chi connectivity index (χ4v) is 3.07. The van der Waals surface area contributed by atoms with Crippen LogP contribution in [-0.2, 0) is 16.6 Å². The second-order valence-corrected chi connectivity index (χ2v) is 6.01. The first-order valence-corrected chi connectivity index (χ1v) is 7.08. The number of benzene rings is 1. The predicted octanol–water partition coefficient (Wildman–Crippen LogP) is 1.85. The molecule has 0 saturated heterocycles. The third-order valence-electron chi connectivity index (χ3n) is 2.40. The number of hydrogen-bond acceptors (Lipinski definition) is 3. The summed E-state index contributed by atoms with van der Waals surface area (Å²) in [5, 5.41) is 6.57. The summed E-state index contributed by atoms with van der Waals surface area (Å²) in [6.45, 7) is 2.02. The number of aryl methyl sites for hydroxylation is 1. The first-order valence-electron chi connectivity index (χ1n) is 5.22. The van der Waals surface area contributed by atoms with Gasteiger partial charge in [0.1, 0.15) is 4.90 Å². The van der Waals surface area contributed by atoms with Gasteiger partial charge in [-0.15, -0.1) is 0 Å². The molecule has 5 nitrogen and oxygen atoms in total. The third-order valence-corrected chi connectivity index (χ3v) is 4.28. The molecule has 2 N–H and O–H groups in total. The molecule has 0 radical (unpaired) electrons. The van der Waals surface area contributed by atoms with Crippen LogP contribution >= 0.6 is 11.6 Å². The maximum Gasteiger partial charge on any atom is 0.242 e. The summed E-state index contributed by atoms with van der Waals surface area (Å²) in [5.41, 5.74) is 1.66. The smallest absolute Gasteiger partial charge is 0.242 e. The fourth-order valence-electron chi connectivity index (χ4n) is 1.45. The fraction of sp³-hybridized carbons (Fsp3) is 0.182. The summed E-state index contributed by atoms with van der Waals surface area (Å²) in [4.78, 5) is 0.0817. The van der Waals surface area contributed by atoms with E-state index < -0.39 is 10.0 Å². The van der Waals surface area contributed by atoms with Crippen LogP contribution in [0, 0.1) is 6.92 Å². The van der Waals surface area contributed by atoms with E-state index in [0.717, 1.165) is 11.1 Å². The number of rotatable bonds is 4. The molecule has 0 aliphatic heterocycles. The van der Waals surface area contributed by atoms with Gasteiger partial charge in [0, 0.05) is 18.3 Å². The quantitative estimate of drug-likeness (QED) is 0.900. The van der Waals surface area contributed by atoms with Crippen molar-refractivity contribution in [1.29, 1.82) is 0 Å². The second kappa shape index (κ2) is 5.09. The number of nitrogens with zero attached hydrogens (tertiary/aromatic N) is 1. The Labute approximate surface area is 110 Å². The molecular weight excluding hydrogens is 274 g/mol. The van der Waals surface area contributed by atoms with Crippen molar-refractivity contribution in [2.45, 2.75) is 18.4 Å².